The maximum atomic E-state index is 12.9. The molecule has 2 aromatic heterocycles. The van der Waals surface area contributed by atoms with E-state index in [1.54, 1.807) is 29.2 Å². The normalized spacial score (nSPS) is 15.0. The van der Waals surface area contributed by atoms with Gasteiger partial charge in [0, 0.05) is 43.8 Å². The Kier molecular flexibility index (Phi) is 5.45. The Morgan fingerprint density at radius 3 is 2.71 bits per heavy atom. The van der Waals surface area contributed by atoms with Crippen LogP contribution in [0.3, 0.4) is 0 Å². The number of carbonyl (C=O) groups excluding carboxylic acids is 1. The highest BCUT2D eigenvalue weighted by Gasteiger charge is 2.24. The van der Waals surface area contributed by atoms with E-state index in [1.165, 1.54) is 4.88 Å². The van der Waals surface area contributed by atoms with E-state index >= 15 is 0 Å². The minimum Gasteiger partial charge on any atom is -0.494 e. The molecule has 0 spiro atoms. The van der Waals surface area contributed by atoms with E-state index in [1.807, 2.05) is 36.2 Å². The second kappa shape index (κ2) is 8.16. The van der Waals surface area contributed by atoms with Crippen molar-refractivity contribution >= 4 is 17.2 Å². The molecule has 0 atom stereocenters. The van der Waals surface area contributed by atoms with Crippen LogP contribution in [0.25, 0.3) is 5.69 Å². The Hall–Kier alpha value is -2.64. The Balaban J connectivity index is 1.42. The minimum absolute atomic E-state index is 0.0128. The molecule has 1 amide bonds. The van der Waals surface area contributed by atoms with Crippen molar-refractivity contribution in [1.82, 2.24) is 19.6 Å². The lowest BCUT2D eigenvalue weighted by Crippen LogP contribution is -2.48. The van der Waals surface area contributed by atoms with Crippen molar-refractivity contribution in [1.29, 1.82) is 0 Å². The number of thiophene rings is 1. The van der Waals surface area contributed by atoms with Crippen LogP contribution in [0.15, 0.2) is 48.0 Å². The SMILES string of the molecule is COc1ccc(C)cc1-n1ccc(C(=O)N2CCN(Cc3cccs3)CC2)n1. The van der Waals surface area contributed by atoms with Gasteiger partial charge in [-0.05, 0) is 42.1 Å². The van der Waals surface area contributed by atoms with Crippen LogP contribution in [-0.4, -0.2) is 58.8 Å². The van der Waals surface area contributed by atoms with E-state index < -0.39 is 0 Å². The molecule has 28 heavy (non-hydrogen) atoms. The molecule has 0 bridgehead atoms. The van der Waals surface area contributed by atoms with Crippen molar-refractivity contribution in [3.05, 3.63) is 64.1 Å². The van der Waals surface area contributed by atoms with Crippen LogP contribution in [0.1, 0.15) is 20.9 Å². The molecule has 1 saturated heterocycles. The Labute approximate surface area is 169 Å². The number of aryl methyl sites for hydroxylation is 1. The van der Waals surface area contributed by atoms with Crippen LogP contribution in [0, 0.1) is 6.92 Å². The second-order valence-corrected chi connectivity index (χ2v) is 8.00. The standard InChI is InChI=1S/C21H24N4O2S/c1-16-5-6-20(27-2)19(14-16)25-8-7-18(22-25)21(26)24-11-9-23(10-12-24)15-17-4-3-13-28-17/h3-8,13-14H,9-12,15H2,1-2H3. The van der Waals surface area contributed by atoms with Crippen molar-refractivity contribution < 1.29 is 9.53 Å². The van der Waals surface area contributed by atoms with Gasteiger partial charge in [-0.1, -0.05) is 12.1 Å². The summed E-state index contributed by atoms with van der Waals surface area (Å²) in [6.07, 6.45) is 1.82. The maximum absolute atomic E-state index is 12.9. The highest BCUT2D eigenvalue weighted by Crippen LogP contribution is 2.24. The zero-order chi connectivity index (χ0) is 19.5. The first-order chi connectivity index (χ1) is 13.6. The quantitative estimate of drug-likeness (QED) is 0.665. The van der Waals surface area contributed by atoms with Gasteiger partial charge >= 0.3 is 0 Å². The predicted molar refractivity (Wildman–Crippen MR) is 110 cm³/mol. The van der Waals surface area contributed by atoms with Gasteiger partial charge in [-0.15, -0.1) is 11.3 Å². The van der Waals surface area contributed by atoms with Crippen LogP contribution in [0.2, 0.25) is 0 Å². The van der Waals surface area contributed by atoms with E-state index in [0.29, 0.717) is 5.69 Å². The van der Waals surface area contributed by atoms with Crippen molar-refractivity contribution in [3.63, 3.8) is 0 Å². The molecule has 4 rings (SSSR count). The molecule has 1 aliphatic rings. The molecular formula is C21H24N4O2S. The van der Waals surface area contributed by atoms with Crippen LogP contribution < -0.4 is 4.74 Å². The number of benzene rings is 1. The number of piperazine rings is 1. The van der Waals surface area contributed by atoms with Gasteiger partial charge in [0.15, 0.2) is 5.69 Å². The minimum atomic E-state index is -0.0128. The fourth-order valence-corrected chi connectivity index (χ4v) is 4.19. The Morgan fingerprint density at radius 1 is 1.18 bits per heavy atom. The molecule has 0 unspecified atom stereocenters. The van der Waals surface area contributed by atoms with Crippen molar-refractivity contribution in [2.24, 2.45) is 0 Å². The van der Waals surface area contributed by atoms with E-state index in [9.17, 15) is 4.79 Å². The molecule has 3 heterocycles. The summed E-state index contributed by atoms with van der Waals surface area (Å²) in [4.78, 5) is 18.5. The third kappa shape index (κ3) is 3.95. The highest BCUT2D eigenvalue weighted by molar-refractivity contribution is 7.09. The van der Waals surface area contributed by atoms with Crippen molar-refractivity contribution in [3.8, 4) is 11.4 Å². The fraction of sp³-hybridized carbons (Fsp3) is 0.333. The molecule has 3 aromatic rings. The number of carbonyl (C=O) groups is 1. The van der Waals surface area contributed by atoms with Crippen molar-refractivity contribution in [2.45, 2.75) is 13.5 Å². The lowest BCUT2D eigenvalue weighted by atomic mass is 10.2. The summed E-state index contributed by atoms with van der Waals surface area (Å²) in [5.74, 6) is 0.719. The average molecular weight is 397 g/mol. The highest BCUT2D eigenvalue weighted by atomic mass is 32.1. The zero-order valence-corrected chi connectivity index (χ0v) is 17.0. The van der Waals surface area contributed by atoms with Gasteiger partial charge in [0.2, 0.25) is 0 Å². The van der Waals surface area contributed by atoms with Gasteiger partial charge in [0.25, 0.3) is 5.91 Å². The number of hydrogen-bond donors (Lipinski definition) is 0. The first-order valence-electron chi connectivity index (χ1n) is 9.39. The molecule has 0 aliphatic carbocycles. The van der Waals surface area contributed by atoms with Gasteiger partial charge < -0.3 is 9.64 Å². The fourth-order valence-electron chi connectivity index (χ4n) is 3.45. The van der Waals surface area contributed by atoms with E-state index in [2.05, 4.69) is 27.5 Å². The largest absolute Gasteiger partial charge is 0.494 e. The third-order valence-corrected chi connectivity index (χ3v) is 5.87. The molecule has 0 saturated carbocycles. The first-order valence-corrected chi connectivity index (χ1v) is 10.3. The molecule has 1 fully saturated rings. The molecular weight excluding hydrogens is 372 g/mol. The number of methoxy groups -OCH3 is 1. The van der Waals surface area contributed by atoms with Gasteiger partial charge in [0.05, 0.1) is 7.11 Å². The number of nitrogens with zero attached hydrogens (tertiary/aromatic N) is 4. The zero-order valence-electron chi connectivity index (χ0n) is 16.2. The van der Waals surface area contributed by atoms with Crippen LogP contribution >= 0.6 is 11.3 Å². The number of aromatic nitrogens is 2. The molecule has 146 valence electrons. The maximum Gasteiger partial charge on any atom is 0.274 e. The summed E-state index contributed by atoms with van der Waals surface area (Å²) in [5, 5.41) is 6.62. The lowest BCUT2D eigenvalue weighted by Gasteiger charge is -2.34. The van der Waals surface area contributed by atoms with Crippen molar-refractivity contribution in [2.75, 3.05) is 33.3 Å². The van der Waals surface area contributed by atoms with E-state index in [-0.39, 0.29) is 5.91 Å². The summed E-state index contributed by atoms with van der Waals surface area (Å²) in [7, 11) is 1.64. The lowest BCUT2D eigenvalue weighted by molar-refractivity contribution is 0.0623. The van der Waals surface area contributed by atoms with Crippen LogP contribution in [-0.2, 0) is 6.54 Å². The van der Waals surface area contributed by atoms with E-state index in [4.69, 9.17) is 4.74 Å². The Bertz CT molecular complexity index is 943. The molecule has 7 heteroatoms. The number of amides is 1. The first kappa shape index (κ1) is 18.7. The van der Waals surface area contributed by atoms with Gasteiger partial charge in [-0.25, -0.2) is 4.68 Å². The molecule has 0 N–H and O–H groups in total. The smallest absolute Gasteiger partial charge is 0.274 e. The van der Waals surface area contributed by atoms with Gasteiger partial charge in [0.1, 0.15) is 11.4 Å². The van der Waals surface area contributed by atoms with Gasteiger partial charge in [-0.3, -0.25) is 9.69 Å². The summed E-state index contributed by atoms with van der Waals surface area (Å²) in [6, 6.07) is 11.9. The average Bonchev–Trinajstić information content (AvgIpc) is 3.40. The monoisotopic (exact) mass is 396 g/mol. The van der Waals surface area contributed by atoms with Gasteiger partial charge in [-0.2, -0.15) is 5.10 Å². The molecule has 1 aromatic carbocycles. The second-order valence-electron chi connectivity index (χ2n) is 6.97. The summed E-state index contributed by atoms with van der Waals surface area (Å²) in [5.41, 5.74) is 2.42. The molecule has 0 radical (unpaired) electrons. The van der Waals surface area contributed by atoms with Crippen LogP contribution in [0.4, 0.5) is 0 Å². The summed E-state index contributed by atoms with van der Waals surface area (Å²) >= 11 is 1.78. The summed E-state index contributed by atoms with van der Waals surface area (Å²) < 4.78 is 7.15. The number of ether oxygens (including phenoxy) is 1. The predicted octanol–water partition coefficient (Wildman–Crippen LogP) is 3.21. The topological polar surface area (TPSA) is 50.6 Å². The number of hydrogen-bond acceptors (Lipinski definition) is 5. The molecule has 1 aliphatic heterocycles. The Morgan fingerprint density at radius 2 is 2.00 bits per heavy atom. The van der Waals surface area contributed by atoms with Crippen LogP contribution in [0.5, 0.6) is 5.75 Å². The number of rotatable bonds is 5. The molecule has 6 nitrogen and oxygen atoms in total. The summed E-state index contributed by atoms with van der Waals surface area (Å²) in [6.45, 7) is 6.21. The third-order valence-electron chi connectivity index (χ3n) is 5.01. The van der Waals surface area contributed by atoms with E-state index in [0.717, 1.165) is 49.7 Å².